The Labute approximate surface area is 165 Å². The number of anilines is 2. The lowest BCUT2D eigenvalue weighted by molar-refractivity contribution is -0.115. The topological polar surface area (TPSA) is 97.4 Å². The SMILES string of the molecule is CCC(=O)Nc1nc2ccc(NS(=O)(=O)c3cc(Cl)ccc3OC)cc2s1. The van der Waals surface area contributed by atoms with Gasteiger partial charge in [0.25, 0.3) is 10.0 Å². The average molecular weight is 426 g/mol. The van der Waals surface area contributed by atoms with E-state index in [1.165, 1.54) is 30.6 Å². The maximum Gasteiger partial charge on any atom is 0.265 e. The third kappa shape index (κ3) is 4.32. The quantitative estimate of drug-likeness (QED) is 0.619. The van der Waals surface area contributed by atoms with E-state index in [-0.39, 0.29) is 21.6 Å². The summed E-state index contributed by atoms with van der Waals surface area (Å²) in [5.41, 5.74) is 1.02. The van der Waals surface area contributed by atoms with Crippen LogP contribution in [0.15, 0.2) is 41.3 Å². The minimum atomic E-state index is -3.91. The molecule has 3 aromatic rings. The molecule has 0 fully saturated rings. The fraction of sp³-hybridized carbons (Fsp3) is 0.176. The first-order valence-corrected chi connectivity index (χ1v) is 10.6. The van der Waals surface area contributed by atoms with Gasteiger partial charge in [0.05, 0.1) is 23.0 Å². The summed E-state index contributed by atoms with van der Waals surface area (Å²) in [5, 5.41) is 3.44. The van der Waals surface area contributed by atoms with Gasteiger partial charge in [-0.05, 0) is 36.4 Å². The standard InChI is InChI=1S/C17H16ClN3O4S2/c1-3-16(22)20-17-19-12-6-5-11(9-14(12)26-17)21-27(23,24)15-8-10(18)4-7-13(15)25-2/h4-9,21H,3H2,1-2H3,(H,19,20,22). The van der Waals surface area contributed by atoms with Crippen LogP contribution in [0.5, 0.6) is 5.75 Å². The van der Waals surface area contributed by atoms with Crippen molar-refractivity contribution in [1.82, 2.24) is 4.98 Å². The Hall–Kier alpha value is -2.36. The van der Waals surface area contributed by atoms with E-state index >= 15 is 0 Å². The molecule has 1 heterocycles. The van der Waals surface area contributed by atoms with Crippen LogP contribution in [0, 0.1) is 0 Å². The van der Waals surface area contributed by atoms with Crippen LogP contribution < -0.4 is 14.8 Å². The predicted molar refractivity (Wildman–Crippen MR) is 107 cm³/mol. The molecule has 27 heavy (non-hydrogen) atoms. The molecule has 0 aliphatic heterocycles. The summed E-state index contributed by atoms with van der Waals surface area (Å²) >= 11 is 7.19. The summed E-state index contributed by atoms with van der Waals surface area (Å²) in [6.07, 6.45) is 0.350. The molecule has 0 spiro atoms. The van der Waals surface area contributed by atoms with Crippen molar-refractivity contribution in [2.24, 2.45) is 0 Å². The fourth-order valence-corrected chi connectivity index (χ4v) is 4.72. The molecule has 2 aromatic carbocycles. The molecule has 1 amide bonds. The molecule has 0 radical (unpaired) electrons. The summed E-state index contributed by atoms with van der Waals surface area (Å²) < 4.78 is 33.9. The number of nitrogens with zero attached hydrogens (tertiary/aromatic N) is 1. The number of hydrogen-bond acceptors (Lipinski definition) is 6. The molecule has 2 N–H and O–H groups in total. The van der Waals surface area contributed by atoms with Crippen LogP contribution in [-0.4, -0.2) is 26.4 Å². The number of fused-ring (bicyclic) bond motifs is 1. The highest BCUT2D eigenvalue weighted by molar-refractivity contribution is 7.92. The number of nitrogens with one attached hydrogen (secondary N) is 2. The zero-order chi connectivity index (χ0) is 19.6. The molecule has 1 aromatic heterocycles. The van der Waals surface area contributed by atoms with Gasteiger partial charge >= 0.3 is 0 Å². The number of benzene rings is 2. The molecule has 0 saturated heterocycles. The largest absolute Gasteiger partial charge is 0.495 e. The molecular formula is C17H16ClN3O4S2. The summed E-state index contributed by atoms with van der Waals surface area (Å²) in [4.78, 5) is 15.7. The maximum atomic E-state index is 12.7. The number of ether oxygens (including phenoxy) is 1. The Morgan fingerprint density at radius 1 is 1.26 bits per heavy atom. The lowest BCUT2D eigenvalue weighted by Crippen LogP contribution is -2.14. The number of halogens is 1. The van der Waals surface area contributed by atoms with Gasteiger partial charge in [-0.1, -0.05) is 29.9 Å². The molecule has 0 aliphatic rings. The molecule has 0 atom stereocenters. The first kappa shape index (κ1) is 19.4. The van der Waals surface area contributed by atoms with Crippen LogP contribution in [-0.2, 0) is 14.8 Å². The van der Waals surface area contributed by atoms with Crippen molar-refractivity contribution in [3.05, 3.63) is 41.4 Å². The average Bonchev–Trinajstić information content (AvgIpc) is 3.02. The molecule has 3 rings (SSSR count). The molecule has 0 bridgehead atoms. The van der Waals surface area contributed by atoms with E-state index in [4.69, 9.17) is 16.3 Å². The summed E-state index contributed by atoms with van der Waals surface area (Å²) in [6.45, 7) is 1.75. The Morgan fingerprint density at radius 2 is 2.04 bits per heavy atom. The number of carbonyl (C=O) groups excluding carboxylic acids is 1. The second kappa shape index (κ2) is 7.71. The normalized spacial score (nSPS) is 11.4. The van der Waals surface area contributed by atoms with Crippen LogP contribution in [0.3, 0.4) is 0 Å². The number of sulfonamides is 1. The number of amides is 1. The van der Waals surface area contributed by atoms with Crippen molar-refractivity contribution in [3.63, 3.8) is 0 Å². The van der Waals surface area contributed by atoms with Crippen LogP contribution in [0.25, 0.3) is 10.2 Å². The van der Waals surface area contributed by atoms with Gasteiger partial charge in [-0.2, -0.15) is 0 Å². The second-order valence-electron chi connectivity index (χ2n) is 5.50. The lowest BCUT2D eigenvalue weighted by atomic mass is 10.3. The number of rotatable bonds is 6. The van der Waals surface area contributed by atoms with Gasteiger partial charge in [-0.25, -0.2) is 13.4 Å². The summed E-state index contributed by atoms with van der Waals surface area (Å²) in [5.74, 6) is 0.0540. The van der Waals surface area contributed by atoms with E-state index in [9.17, 15) is 13.2 Å². The van der Waals surface area contributed by atoms with Gasteiger partial charge in [0.1, 0.15) is 10.6 Å². The molecule has 142 valence electrons. The Morgan fingerprint density at radius 3 is 2.74 bits per heavy atom. The molecule has 0 aliphatic carbocycles. The molecular weight excluding hydrogens is 410 g/mol. The van der Waals surface area contributed by atoms with Gasteiger partial charge in [0.2, 0.25) is 5.91 Å². The molecule has 7 nitrogen and oxygen atoms in total. The van der Waals surface area contributed by atoms with E-state index < -0.39 is 10.0 Å². The van der Waals surface area contributed by atoms with Crippen molar-refractivity contribution in [2.75, 3.05) is 17.1 Å². The highest BCUT2D eigenvalue weighted by Gasteiger charge is 2.20. The fourth-order valence-electron chi connectivity index (χ4n) is 2.32. The first-order chi connectivity index (χ1) is 12.8. The predicted octanol–water partition coefficient (Wildman–Crippen LogP) is 4.11. The van der Waals surface area contributed by atoms with E-state index in [0.29, 0.717) is 22.8 Å². The summed E-state index contributed by atoms with van der Waals surface area (Å²) in [6, 6.07) is 9.30. The van der Waals surface area contributed by atoms with Crippen molar-refractivity contribution in [3.8, 4) is 5.75 Å². The van der Waals surface area contributed by atoms with Crippen molar-refractivity contribution >= 4 is 59.9 Å². The third-order valence-electron chi connectivity index (χ3n) is 3.62. The summed E-state index contributed by atoms with van der Waals surface area (Å²) in [7, 11) is -2.52. The van der Waals surface area contributed by atoms with Gasteiger partial charge in [0.15, 0.2) is 5.13 Å². The third-order valence-corrected chi connectivity index (χ3v) is 6.19. The number of aromatic nitrogens is 1. The Balaban J connectivity index is 1.91. The van der Waals surface area contributed by atoms with E-state index in [1.807, 2.05) is 0 Å². The van der Waals surface area contributed by atoms with Gasteiger partial charge in [0, 0.05) is 11.4 Å². The van der Waals surface area contributed by atoms with Crippen molar-refractivity contribution in [2.45, 2.75) is 18.2 Å². The highest BCUT2D eigenvalue weighted by Crippen LogP contribution is 2.31. The second-order valence-corrected chi connectivity index (χ2v) is 8.62. The van der Waals surface area contributed by atoms with E-state index in [0.717, 1.165) is 4.70 Å². The Bertz CT molecular complexity index is 1110. The number of carbonyl (C=O) groups is 1. The van der Waals surface area contributed by atoms with E-state index in [1.54, 1.807) is 31.2 Å². The maximum absolute atomic E-state index is 12.7. The number of thiazole rings is 1. The minimum absolute atomic E-state index is 0.0576. The monoisotopic (exact) mass is 425 g/mol. The van der Waals surface area contributed by atoms with Crippen molar-refractivity contribution in [1.29, 1.82) is 0 Å². The number of methoxy groups -OCH3 is 1. The lowest BCUT2D eigenvalue weighted by Gasteiger charge is -2.12. The molecule has 10 heteroatoms. The van der Waals surface area contributed by atoms with Gasteiger partial charge in [-0.3, -0.25) is 9.52 Å². The van der Waals surface area contributed by atoms with Crippen LogP contribution in [0.4, 0.5) is 10.8 Å². The van der Waals surface area contributed by atoms with Crippen molar-refractivity contribution < 1.29 is 17.9 Å². The molecule has 0 unspecified atom stereocenters. The van der Waals surface area contributed by atoms with Gasteiger partial charge in [-0.15, -0.1) is 0 Å². The van der Waals surface area contributed by atoms with Crippen LogP contribution in [0.2, 0.25) is 5.02 Å². The van der Waals surface area contributed by atoms with Crippen LogP contribution in [0.1, 0.15) is 13.3 Å². The first-order valence-electron chi connectivity index (χ1n) is 7.89. The van der Waals surface area contributed by atoms with E-state index in [2.05, 4.69) is 15.0 Å². The van der Waals surface area contributed by atoms with Gasteiger partial charge < -0.3 is 10.1 Å². The smallest absolute Gasteiger partial charge is 0.265 e. The zero-order valence-corrected chi connectivity index (χ0v) is 16.8. The zero-order valence-electron chi connectivity index (χ0n) is 14.4. The number of hydrogen-bond donors (Lipinski definition) is 2. The molecule has 0 saturated carbocycles. The Kier molecular flexibility index (Phi) is 5.54. The highest BCUT2D eigenvalue weighted by atomic mass is 35.5. The van der Waals surface area contributed by atoms with Crippen LogP contribution >= 0.6 is 22.9 Å². The minimum Gasteiger partial charge on any atom is -0.495 e.